The molecule has 0 heterocycles. The molecule has 0 saturated carbocycles. The lowest BCUT2D eigenvalue weighted by Crippen LogP contribution is -2.30. The highest BCUT2D eigenvalue weighted by Gasteiger charge is 2.37. The lowest BCUT2D eigenvalue weighted by atomic mass is 10.1. The molecule has 0 aliphatic carbocycles. The highest BCUT2D eigenvalue weighted by molar-refractivity contribution is 7.98. The number of hydrogen-bond acceptors (Lipinski definition) is 2. The van der Waals surface area contributed by atoms with Crippen LogP contribution >= 0.6 is 11.8 Å². The Kier molecular flexibility index (Phi) is 4.04. The minimum atomic E-state index is -4.55. The largest absolute Gasteiger partial charge is 0.414 e. The van der Waals surface area contributed by atoms with E-state index in [2.05, 4.69) is 0 Å². The Labute approximate surface area is 90.3 Å². The first-order valence-corrected chi connectivity index (χ1v) is 5.53. The van der Waals surface area contributed by atoms with Gasteiger partial charge in [-0.1, -0.05) is 12.1 Å². The number of aliphatic hydroxyl groups excluding tert-OH is 1. The molecule has 0 amide bonds. The van der Waals surface area contributed by atoms with Gasteiger partial charge in [-0.25, -0.2) is 0 Å². The van der Waals surface area contributed by atoms with Crippen molar-refractivity contribution in [1.82, 2.24) is 0 Å². The quantitative estimate of drug-likeness (QED) is 0.814. The Hall–Kier alpha value is -0.680. The molecule has 1 nitrogen and oxygen atoms in total. The van der Waals surface area contributed by atoms with E-state index < -0.39 is 18.7 Å². The van der Waals surface area contributed by atoms with E-state index in [4.69, 9.17) is 5.11 Å². The molecule has 84 valence electrons. The van der Waals surface area contributed by atoms with Gasteiger partial charge in [-0.2, -0.15) is 13.2 Å². The first-order chi connectivity index (χ1) is 6.93. The smallest absolute Gasteiger partial charge is 0.383 e. The molecule has 1 aromatic rings. The summed E-state index contributed by atoms with van der Waals surface area (Å²) in [5.41, 5.74) is 0.492. The lowest BCUT2D eigenvalue weighted by molar-refractivity contribution is -0.203. The van der Waals surface area contributed by atoms with Crippen molar-refractivity contribution < 1.29 is 18.3 Å². The van der Waals surface area contributed by atoms with E-state index in [1.165, 1.54) is 11.8 Å². The van der Waals surface area contributed by atoms with Crippen molar-refractivity contribution in [2.45, 2.75) is 23.6 Å². The van der Waals surface area contributed by atoms with Crippen molar-refractivity contribution in [1.29, 1.82) is 0 Å². The predicted molar refractivity (Wildman–Crippen MR) is 54.0 cm³/mol. The Morgan fingerprint density at radius 3 is 2.60 bits per heavy atom. The molecule has 1 atom stereocenters. The van der Waals surface area contributed by atoms with E-state index in [0.717, 1.165) is 4.90 Å². The highest BCUT2D eigenvalue weighted by atomic mass is 32.2. The number of alkyl halides is 3. The monoisotopic (exact) mass is 236 g/mol. The number of thioether (sulfide) groups is 1. The Morgan fingerprint density at radius 2 is 2.07 bits per heavy atom. The summed E-state index contributed by atoms with van der Waals surface area (Å²) in [6.07, 6.45) is -5.37. The maximum Gasteiger partial charge on any atom is 0.414 e. The fraction of sp³-hybridized carbons (Fsp3) is 0.400. The SMILES string of the molecule is CSc1cccc(CC(O)C(F)(F)F)c1. The van der Waals surface area contributed by atoms with E-state index in [-0.39, 0.29) is 0 Å². The van der Waals surface area contributed by atoms with Gasteiger partial charge in [0.1, 0.15) is 0 Å². The first kappa shape index (κ1) is 12.4. The highest BCUT2D eigenvalue weighted by Crippen LogP contribution is 2.24. The fourth-order valence-electron chi connectivity index (χ4n) is 1.14. The van der Waals surface area contributed by atoms with E-state index in [0.29, 0.717) is 5.56 Å². The van der Waals surface area contributed by atoms with Crippen LogP contribution in [0.5, 0.6) is 0 Å². The second kappa shape index (κ2) is 4.90. The standard InChI is InChI=1S/C10H11F3OS/c1-15-8-4-2-3-7(5-8)6-9(14)10(11,12)13/h2-5,9,14H,6H2,1H3. The van der Waals surface area contributed by atoms with Crippen LogP contribution in [0.25, 0.3) is 0 Å². The van der Waals surface area contributed by atoms with Gasteiger partial charge in [0.15, 0.2) is 6.10 Å². The van der Waals surface area contributed by atoms with Crippen molar-refractivity contribution in [2.75, 3.05) is 6.26 Å². The fourth-order valence-corrected chi connectivity index (χ4v) is 1.62. The summed E-state index contributed by atoms with van der Waals surface area (Å²) in [5, 5.41) is 8.87. The van der Waals surface area contributed by atoms with Crippen LogP contribution in [0.3, 0.4) is 0 Å². The summed E-state index contributed by atoms with van der Waals surface area (Å²) in [4.78, 5) is 0.891. The number of aliphatic hydroxyl groups is 1. The number of benzene rings is 1. The van der Waals surface area contributed by atoms with Gasteiger partial charge in [0.2, 0.25) is 0 Å². The van der Waals surface area contributed by atoms with Gasteiger partial charge in [0, 0.05) is 11.3 Å². The summed E-state index contributed by atoms with van der Waals surface area (Å²) >= 11 is 1.45. The Morgan fingerprint density at radius 1 is 1.40 bits per heavy atom. The third kappa shape index (κ3) is 3.76. The molecule has 1 unspecified atom stereocenters. The van der Waals surface area contributed by atoms with E-state index >= 15 is 0 Å². The summed E-state index contributed by atoms with van der Waals surface area (Å²) in [6.45, 7) is 0. The van der Waals surface area contributed by atoms with Crippen LogP contribution in [0, 0.1) is 0 Å². The van der Waals surface area contributed by atoms with Crippen LogP contribution in [-0.4, -0.2) is 23.6 Å². The van der Waals surface area contributed by atoms with Gasteiger partial charge in [-0.3, -0.25) is 0 Å². The van der Waals surface area contributed by atoms with Crippen LogP contribution in [0.2, 0.25) is 0 Å². The van der Waals surface area contributed by atoms with Crippen molar-refractivity contribution in [3.05, 3.63) is 29.8 Å². The summed E-state index contributed by atoms with van der Waals surface area (Å²) in [6, 6.07) is 6.73. The molecule has 0 bridgehead atoms. The minimum absolute atomic E-state index is 0.391. The zero-order valence-corrected chi connectivity index (χ0v) is 8.90. The van der Waals surface area contributed by atoms with Crippen molar-refractivity contribution in [3.8, 4) is 0 Å². The van der Waals surface area contributed by atoms with Crippen LogP contribution < -0.4 is 0 Å². The lowest BCUT2D eigenvalue weighted by Gasteiger charge is -2.14. The van der Waals surface area contributed by atoms with Crippen LogP contribution in [-0.2, 0) is 6.42 Å². The number of rotatable bonds is 3. The Bertz CT molecular complexity index is 325. The van der Waals surface area contributed by atoms with E-state index in [1.807, 2.05) is 12.3 Å². The van der Waals surface area contributed by atoms with Gasteiger partial charge in [-0.05, 0) is 24.0 Å². The topological polar surface area (TPSA) is 20.2 Å². The molecular weight excluding hydrogens is 225 g/mol. The average molecular weight is 236 g/mol. The zero-order chi connectivity index (χ0) is 11.5. The van der Waals surface area contributed by atoms with Crippen molar-refractivity contribution in [3.63, 3.8) is 0 Å². The molecule has 1 N–H and O–H groups in total. The van der Waals surface area contributed by atoms with Gasteiger partial charge in [0.25, 0.3) is 0 Å². The molecule has 0 aliphatic rings. The van der Waals surface area contributed by atoms with Gasteiger partial charge in [-0.15, -0.1) is 11.8 Å². The molecule has 1 aromatic carbocycles. The molecule has 0 fully saturated rings. The molecule has 15 heavy (non-hydrogen) atoms. The number of hydrogen-bond donors (Lipinski definition) is 1. The summed E-state index contributed by atoms with van der Waals surface area (Å²) in [5.74, 6) is 0. The molecule has 0 aromatic heterocycles. The second-order valence-corrected chi connectivity index (χ2v) is 3.99. The van der Waals surface area contributed by atoms with Gasteiger partial charge >= 0.3 is 6.18 Å². The van der Waals surface area contributed by atoms with E-state index in [1.54, 1.807) is 18.2 Å². The average Bonchev–Trinajstić information content (AvgIpc) is 2.16. The molecular formula is C10H11F3OS. The van der Waals surface area contributed by atoms with Gasteiger partial charge < -0.3 is 5.11 Å². The minimum Gasteiger partial charge on any atom is -0.383 e. The normalized spacial score (nSPS) is 13.9. The van der Waals surface area contributed by atoms with E-state index in [9.17, 15) is 13.2 Å². The molecule has 5 heteroatoms. The predicted octanol–water partition coefficient (Wildman–Crippen LogP) is 2.87. The second-order valence-electron chi connectivity index (χ2n) is 3.11. The van der Waals surface area contributed by atoms with Crippen LogP contribution in [0.15, 0.2) is 29.2 Å². The van der Waals surface area contributed by atoms with Crippen LogP contribution in [0.1, 0.15) is 5.56 Å². The number of halogens is 3. The third-order valence-corrected chi connectivity index (χ3v) is 2.67. The van der Waals surface area contributed by atoms with Gasteiger partial charge in [0.05, 0.1) is 0 Å². The first-order valence-electron chi connectivity index (χ1n) is 4.31. The summed E-state index contributed by atoms with van der Waals surface area (Å²) < 4.78 is 36.2. The van der Waals surface area contributed by atoms with Crippen molar-refractivity contribution >= 4 is 11.8 Å². The Balaban J connectivity index is 2.72. The summed E-state index contributed by atoms with van der Waals surface area (Å²) in [7, 11) is 0. The maximum atomic E-state index is 12.1. The molecule has 1 rings (SSSR count). The molecule has 0 aliphatic heterocycles. The molecule has 0 radical (unpaired) electrons. The zero-order valence-electron chi connectivity index (χ0n) is 8.08. The van der Waals surface area contributed by atoms with Crippen LogP contribution in [0.4, 0.5) is 13.2 Å². The molecule has 0 saturated heterocycles. The molecule has 0 spiro atoms. The maximum absolute atomic E-state index is 12.1. The van der Waals surface area contributed by atoms with Crippen molar-refractivity contribution in [2.24, 2.45) is 0 Å². The third-order valence-electron chi connectivity index (χ3n) is 1.94.